The van der Waals surface area contributed by atoms with E-state index >= 15 is 0 Å². The molecule has 4 heteroatoms. The lowest BCUT2D eigenvalue weighted by Crippen LogP contribution is -2.35. The van der Waals surface area contributed by atoms with Gasteiger partial charge in [-0.25, -0.2) is 0 Å². The first kappa shape index (κ1) is 13.9. The molecule has 2 N–H and O–H groups in total. The quantitative estimate of drug-likeness (QED) is 0.902. The van der Waals surface area contributed by atoms with Crippen molar-refractivity contribution in [2.75, 3.05) is 19.7 Å². The summed E-state index contributed by atoms with van der Waals surface area (Å²) < 4.78 is 5.61. The molecule has 0 unspecified atom stereocenters. The first-order valence-corrected chi connectivity index (χ1v) is 7.00. The highest BCUT2D eigenvalue weighted by atomic mass is 16.5. The Bertz CT molecular complexity index is 412. The molecular weight excluding hydrogens is 240 g/mol. The average Bonchev–Trinajstić information content (AvgIpc) is 2.74. The molecule has 104 valence electrons. The molecule has 2 rings (SSSR count). The fourth-order valence-corrected chi connectivity index (χ4v) is 2.36. The molecule has 0 aliphatic carbocycles. The Morgan fingerprint density at radius 1 is 1.16 bits per heavy atom. The maximum absolute atomic E-state index is 12.1. The predicted octanol–water partition coefficient (Wildman–Crippen LogP) is 1.93. The van der Waals surface area contributed by atoms with Gasteiger partial charge in [-0.2, -0.15) is 0 Å². The van der Waals surface area contributed by atoms with E-state index in [2.05, 4.69) is 0 Å². The number of para-hydroxylation sites is 1. The summed E-state index contributed by atoms with van der Waals surface area (Å²) >= 11 is 0. The second-order valence-corrected chi connectivity index (χ2v) is 4.90. The monoisotopic (exact) mass is 262 g/mol. The van der Waals surface area contributed by atoms with Gasteiger partial charge in [0.05, 0.1) is 0 Å². The standard InChI is InChI=1S/C15H22N2O2/c16-11-13-7-3-4-8-14(13)19-12-15(18)17-9-5-1-2-6-10-17/h3-4,7-8H,1-2,5-6,9-12,16H2. The van der Waals surface area contributed by atoms with Crippen LogP contribution in [0.3, 0.4) is 0 Å². The van der Waals surface area contributed by atoms with E-state index in [9.17, 15) is 4.79 Å². The minimum atomic E-state index is 0.0775. The number of amides is 1. The molecule has 1 fully saturated rings. The second-order valence-electron chi connectivity index (χ2n) is 4.90. The summed E-state index contributed by atoms with van der Waals surface area (Å²) in [7, 11) is 0. The number of hydrogen-bond donors (Lipinski definition) is 1. The van der Waals surface area contributed by atoms with Crippen LogP contribution < -0.4 is 10.5 Å². The fourth-order valence-electron chi connectivity index (χ4n) is 2.36. The van der Waals surface area contributed by atoms with Gasteiger partial charge in [-0.1, -0.05) is 31.0 Å². The average molecular weight is 262 g/mol. The summed E-state index contributed by atoms with van der Waals surface area (Å²) in [6.45, 7) is 2.26. The Labute approximate surface area is 114 Å². The van der Waals surface area contributed by atoms with E-state index in [1.807, 2.05) is 29.2 Å². The molecule has 1 heterocycles. The summed E-state index contributed by atoms with van der Waals surface area (Å²) in [6, 6.07) is 7.60. The Morgan fingerprint density at radius 3 is 2.53 bits per heavy atom. The zero-order chi connectivity index (χ0) is 13.5. The van der Waals surface area contributed by atoms with Crippen LogP contribution in [0.4, 0.5) is 0 Å². The van der Waals surface area contributed by atoms with E-state index in [-0.39, 0.29) is 12.5 Å². The maximum Gasteiger partial charge on any atom is 0.260 e. The first-order valence-electron chi connectivity index (χ1n) is 7.00. The summed E-state index contributed by atoms with van der Waals surface area (Å²) in [5.74, 6) is 0.793. The molecule has 1 amide bonds. The second kappa shape index (κ2) is 7.14. The van der Waals surface area contributed by atoms with Crippen LogP contribution in [0.1, 0.15) is 31.2 Å². The predicted molar refractivity (Wildman–Crippen MR) is 74.9 cm³/mol. The van der Waals surface area contributed by atoms with Crippen LogP contribution in [0.5, 0.6) is 5.75 Å². The highest BCUT2D eigenvalue weighted by Gasteiger charge is 2.16. The first-order chi connectivity index (χ1) is 9.31. The molecule has 1 aromatic carbocycles. The van der Waals surface area contributed by atoms with Crippen LogP contribution >= 0.6 is 0 Å². The third kappa shape index (κ3) is 3.96. The van der Waals surface area contributed by atoms with Gasteiger partial charge in [-0.3, -0.25) is 4.79 Å². The fraction of sp³-hybridized carbons (Fsp3) is 0.533. The summed E-state index contributed by atoms with van der Waals surface area (Å²) in [5.41, 5.74) is 6.58. The number of nitrogens with zero attached hydrogens (tertiary/aromatic N) is 1. The van der Waals surface area contributed by atoms with E-state index in [4.69, 9.17) is 10.5 Å². The van der Waals surface area contributed by atoms with Crippen LogP contribution in [0.15, 0.2) is 24.3 Å². The van der Waals surface area contributed by atoms with Crippen LogP contribution in [-0.4, -0.2) is 30.5 Å². The van der Waals surface area contributed by atoms with Gasteiger partial charge >= 0.3 is 0 Å². The third-order valence-electron chi connectivity index (χ3n) is 3.50. The maximum atomic E-state index is 12.1. The normalized spacial score (nSPS) is 15.9. The molecule has 0 spiro atoms. The molecule has 4 nitrogen and oxygen atoms in total. The highest BCUT2D eigenvalue weighted by Crippen LogP contribution is 2.17. The van der Waals surface area contributed by atoms with E-state index in [1.165, 1.54) is 12.8 Å². The lowest BCUT2D eigenvalue weighted by atomic mass is 10.2. The van der Waals surface area contributed by atoms with Crippen molar-refractivity contribution in [1.82, 2.24) is 4.90 Å². The summed E-state index contributed by atoms with van der Waals surface area (Å²) in [5, 5.41) is 0. The third-order valence-corrected chi connectivity index (χ3v) is 3.50. The van der Waals surface area contributed by atoms with Crippen molar-refractivity contribution in [3.05, 3.63) is 29.8 Å². The smallest absolute Gasteiger partial charge is 0.260 e. The molecule has 19 heavy (non-hydrogen) atoms. The SMILES string of the molecule is NCc1ccccc1OCC(=O)N1CCCCCC1. The largest absolute Gasteiger partial charge is 0.483 e. The van der Waals surface area contributed by atoms with Crippen molar-refractivity contribution in [3.8, 4) is 5.75 Å². The van der Waals surface area contributed by atoms with Crippen LogP contribution in [0, 0.1) is 0 Å². The van der Waals surface area contributed by atoms with Gasteiger partial charge in [0.1, 0.15) is 5.75 Å². The van der Waals surface area contributed by atoms with Crippen LogP contribution in [-0.2, 0) is 11.3 Å². The summed E-state index contributed by atoms with van der Waals surface area (Å²) in [6.07, 6.45) is 4.65. The van der Waals surface area contributed by atoms with Crippen molar-refractivity contribution in [2.24, 2.45) is 5.73 Å². The Kier molecular flexibility index (Phi) is 5.21. The Balaban J connectivity index is 1.88. The Morgan fingerprint density at radius 2 is 1.84 bits per heavy atom. The van der Waals surface area contributed by atoms with Crippen molar-refractivity contribution >= 4 is 5.91 Å². The van der Waals surface area contributed by atoms with Crippen molar-refractivity contribution in [1.29, 1.82) is 0 Å². The molecule has 1 aromatic rings. The molecule has 0 aromatic heterocycles. The van der Waals surface area contributed by atoms with E-state index < -0.39 is 0 Å². The van der Waals surface area contributed by atoms with Gasteiger partial charge < -0.3 is 15.4 Å². The van der Waals surface area contributed by atoms with Crippen molar-refractivity contribution in [3.63, 3.8) is 0 Å². The number of carbonyl (C=O) groups excluding carboxylic acids is 1. The van der Waals surface area contributed by atoms with Crippen LogP contribution in [0.2, 0.25) is 0 Å². The Hall–Kier alpha value is -1.55. The molecular formula is C15H22N2O2. The lowest BCUT2D eigenvalue weighted by molar-refractivity contribution is -0.133. The van der Waals surface area contributed by atoms with Gasteiger partial charge in [0.25, 0.3) is 5.91 Å². The number of likely N-dealkylation sites (tertiary alicyclic amines) is 1. The van der Waals surface area contributed by atoms with Gasteiger partial charge in [0.2, 0.25) is 0 Å². The van der Waals surface area contributed by atoms with E-state index in [0.29, 0.717) is 12.3 Å². The molecule has 0 radical (unpaired) electrons. The number of benzene rings is 1. The molecule has 0 atom stereocenters. The zero-order valence-electron chi connectivity index (χ0n) is 11.3. The van der Waals surface area contributed by atoms with Gasteiger partial charge in [0, 0.05) is 25.2 Å². The number of rotatable bonds is 4. The highest BCUT2D eigenvalue weighted by molar-refractivity contribution is 5.77. The molecule has 0 saturated carbocycles. The van der Waals surface area contributed by atoms with Gasteiger partial charge in [-0.15, -0.1) is 0 Å². The van der Waals surface area contributed by atoms with Gasteiger partial charge in [-0.05, 0) is 18.9 Å². The van der Waals surface area contributed by atoms with Crippen molar-refractivity contribution in [2.45, 2.75) is 32.2 Å². The molecule has 0 bridgehead atoms. The number of carbonyl (C=O) groups is 1. The molecule has 1 saturated heterocycles. The van der Waals surface area contributed by atoms with E-state index in [1.54, 1.807) is 0 Å². The van der Waals surface area contributed by atoms with E-state index in [0.717, 1.165) is 31.5 Å². The molecule has 1 aliphatic heterocycles. The van der Waals surface area contributed by atoms with Crippen LogP contribution in [0.25, 0.3) is 0 Å². The molecule has 1 aliphatic rings. The minimum Gasteiger partial charge on any atom is -0.483 e. The summed E-state index contributed by atoms with van der Waals surface area (Å²) in [4.78, 5) is 14.0. The number of ether oxygens (including phenoxy) is 1. The zero-order valence-corrected chi connectivity index (χ0v) is 11.3. The van der Waals surface area contributed by atoms with Crippen molar-refractivity contribution < 1.29 is 9.53 Å². The number of hydrogen-bond acceptors (Lipinski definition) is 3. The number of nitrogens with two attached hydrogens (primary N) is 1. The minimum absolute atomic E-state index is 0.0775. The lowest BCUT2D eigenvalue weighted by Gasteiger charge is -2.20. The topological polar surface area (TPSA) is 55.6 Å². The van der Waals surface area contributed by atoms with Gasteiger partial charge in [0.15, 0.2) is 6.61 Å².